The lowest BCUT2D eigenvalue weighted by atomic mass is 10.1. The molecule has 0 fully saturated rings. The normalized spacial score (nSPS) is 11.1. The lowest BCUT2D eigenvalue weighted by Gasteiger charge is -1.99. The van der Waals surface area contributed by atoms with Crippen molar-refractivity contribution in [2.24, 2.45) is 10.2 Å². The van der Waals surface area contributed by atoms with Crippen LogP contribution in [0.2, 0.25) is 0 Å². The van der Waals surface area contributed by atoms with Crippen LogP contribution in [0.5, 0.6) is 5.75 Å². The van der Waals surface area contributed by atoms with Crippen molar-refractivity contribution in [3.8, 4) is 17.0 Å². The molecule has 0 radical (unpaired) electrons. The summed E-state index contributed by atoms with van der Waals surface area (Å²) >= 11 is 3.34. The molecule has 0 unspecified atom stereocenters. The number of azo groups is 1. The number of H-pyrrole nitrogens is 2. The molecule has 0 aliphatic rings. The van der Waals surface area contributed by atoms with E-state index in [0.29, 0.717) is 16.9 Å². The maximum absolute atomic E-state index is 11.9. The summed E-state index contributed by atoms with van der Waals surface area (Å²) in [7, 11) is 0. The van der Waals surface area contributed by atoms with Crippen LogP contribution >= 0.6 is 15.9 Å². The van der Waals surface area contributed by atoms with Crippen molar-refractivity contribution in [1.29, 1.82) is 0 Å². The fourth-order valence-corrected chi connectivity index (χ4v) is 2.20. The van der Waals surface area contributed by atoms with Gasteiger partial charge < -0.3 is 5.11 Å². The van der Waals surface area contributed by atoms with Gasteiger partial charge in [0.25, 0.3) is 5.56 Å². The fourth-order valence-electron chi connectivity index (χ4n) is 1.93. The number of hydrogen-bond donors (Lipinski definition) is 3. The lowest BCUT2D eigenvalue weighted by molar-refractivity contribution is 0.475. The standard InChI is InChI=1S/C15H11BrN4O2/c16-10-4-6-11(7-5-10)17-19-14-13(18-20-15(14)22)9-2-1-3-12(21)8-9/h1-8,21H,(H2,18,20,22). The molecule has 1 aromatic heterocycles. The van der Waals surface area contributed by atoms with Gasteiger partial charge >= 0.3 is 0 Å². The highest BCUT2D eigenvalue weighted by Crippen LogP contribution is 2.28. The molecule has 0 aliphatic heterocycles. The molecule has 6 nitrogen and oxygen atoms in total. The first-order valence-corrected chi connectivity index (χ1v) is 7.20. The third kappa shape index (κ3) is 2.99. The number of nitrogens with zero attached hydrogens (tertiary/aromatic N) is 2. The second-order valence-electron chi connectivity index (χ2n) is 4.53. The van der Waals surface area contributed by atoms with E-state index < -0.39 is 0 Å². The van der Waals surface area contributed by atoms with Crippen LogP contribution in [0.25, 0.3) is 11.3 Å². The van der Waals surface area contributed by atoms with Crippen LogP contribution in [-0.4, -0.2) is 15.3 Å². The molecule has 0 amide bonds. The van der Waals surface area contributed by atoms with E-state index in [1.807, 2.05) is 12.1 Å². The van der Waals surface area contributed by atoms with E-state index in [1.165, 1.54) is 6.07 Å². The van der Waals surface area contributed by atoms with Crippen LogP contribution in [0.3, 0.4) is 0 Å². The minimum Gasteiger partial charge on any atom is -0.508 e. The quantitative estimate of drug-likeness (QED) is 0.610. The number of rotatable bonds is 3. The Labute approximate surface area is 133 Å². The zero-order valence-corrected chi connectivity index (χ0v) is 12.8. The van der Waals surface area contributed by atoms with Crippen molar-refractivity contribution in [1.82, 2.24) is 10.2 Å². The summed E-state index contributed by atoms with van der Waals surface area (Å²) in [5.74, 6) is 0.107. The summed E-state index contributed by atoms with van der Waals surface area (Å²) in [5.41, 5.74) is 1.53. The first kappa shape index (κ1) is 14.3. The van der Waals surface area contributed by atoms with Gasteiger partial charge in [0.05, 0.1) is 11.4 Å². The Morgan fingerprint density at radius 2 is 1.77 bits per heavy atom. The summed E-state index contributed by atoms with van der Waals surface area (Å²) in [6, 6.07) is 13.8. The summed E-state index contributed by atoms with van der Waals surface area (Å²) < 4.78 is 0.936. The second-order valence-corrected chi connectivity index (χ2v) is 5.45. The van der Waals surface area contributed by atoms with E-state index in [1.54, 1.807) is 30.3 Å². The number of phenols is 1. The summed E-state index contributed by atoms with van der Waals surface area (Å²) in [5, 5.41) is 22.9. The van der Waals surface area contributed by atoms with Gasteiger partial charge in [0.2, 0.25) is 0 Å². The SMILES string of the molecule is O=c1[nH][nH]c(-c2cccc(O)c2)c1N=Nc1ccc(Br)cc1. The minimum atomic E-state index is -0.376. The van der Waals surface area contributed by atoms with E-state index in [-0.39, 0.29) is 17.0 Å². The number of phenolic OH excluding ortho intramolecular Hbond substituents is 1. The van der Waals surface area contributed by atoms with Gasteiger partial charge in [-0.1, -0.05) is 28.1 Å². The predicted molar refractivity (Wildman–Crippen MR) is 86.8 cm³/mol. The highest BCUT2D eigenvalue weighted by atomic mass is 79.9. The molecular weight excluding hydrogens is 348 g/mol. The Morgan fingerprint density at radius 1 is 1.00 bits per heavy atom. The highest BCUT2D eigenvalue weighted by Gasteiger charge is 2.11. The number of halogens is 1. The average molecular weight is 359 g/mol. The van der Waals surface area contributed by atoms with Crippen molar-refractivity contribution >= 4 is 27.3 Å². The smallest absolute Gasteiger partial charge is 0.292 e. The molecule has 0 bridgehead atoms. The molecule has 3 rings (SSSR count). The van der Waals surface area contributed by atoms with Gasteiger partial charge in [0.1, 0.15) is 5.75 Å². The molecule has 0 spiro atoms. The van der Waals surface area contributed by atoms with E-state index in [9.17, 15) is 9.90 Å². The molecule has 2 aromatic carbocycles. The largest absolute Gasteiger partial charge is 0.508 e. The number of aromatic hydroxyl groups is 1. The number of benzene rings is 2. The molecule has 0 aliphatic carbocycles. The molecule has 110 valence electrons. The van der Waals surface area contributed by atoms with Crippen LogP contribution in [-0.2, 0) is 0 Å². The molecular formula is C15H11BrN4O2. The Kier molecular flexibility index (Phi) is 3.88. The van der Waals surface area contributed by atoms with Crippen molar-refractivity contribution in [3.63, 3.8) is 0 Å². The van der Waals surface area contributed by atoms with Crippen molar-refractivity contribution in [3.05, 3.63) is 63.4 Å². The van der Waals surface area contributed by atoms with Gasteiger partial charge in [0.15, 0.2) is 5.69 Å². The Hall–Kier alpha value is -2.67. The maximum atomic E-state index is 11.9. The Bertz CT molecular complexity index is 881. The van der Waals surface area contributed by atoms with Crippen molar-refractivity contribution in [2.75, 3.05) is 0 Å². The number of aromatic nitrogens is 2. The average Bonchev–Trinajstić information content (AvgIpc) is 2.88. The third-order valence-electron chi connectivity index (χ3n) is 2.98. The van der Waals surface area contributed by atoms with Gasteiger partial charge in [-0.25, -0.2) is 0 Å². The van der Waals surface area contributed by atoms with E-state index in [2.05, 4.69) is 36.4 Å². The molecule has 0 saturated carbocycles. The van der Waals surface area contributed by atoms with E-state index in [0.717, 1.165) is 4.47 Å². The molecule has 3 N–H and O–H groups in total. The first-order valence-electron chi connectivity index (χ1n) is 6.41. The highest BCUT2D eigenvalue weighted by molar-refractivity contribution is 9.10. The third-order valence-corrected chi connectivity index (χ3v) is 3.51. The Balaban J connectivity index is 1.99. The lowest BCUT2D eigenvalue weighted by Crippen LogP contribution is -1.96. The van der Waals surface area contributed by atoms with Gasteiger partial charge in [-0.2, -0.15) is 5.11 Å². The summed E-state index contributed by atoms with van der Waals surface area (Å²) in [6.07, 6.45) is 0. The number of hydrogen-bond acceptors (Lipinski definition) is 4. The van der Waals surface area contributed by atoms with Gasteiger partial charge in [-0.15, -0.1) is 5.11 Å². The summed E-state index contributed by atoms with van der Waals surface area (Å²) in [4.78, 5) is 11.9. The zero-order chi connectivity index (χ0) is 15.5. The van der Waals surface area contributed by atoms with Crippen LogP contribution < -0.4 is 5.56 Å². The number of aromatic amines is 2. The monoisotopic (exact) mass is 358 g/mol. The Morgan fingerprint density at radius 3 is 2.50 bits per heavy atom. The molecule has 0 atom stereocenters. The van der Waals surface area contributed by atoms with Gasteiger partial charge in [-0.05, 0) is 36.4 Å². The van der Waals surface area contributed by atoms with E-state index in [4.69, 9.17) is 0 Å². The van der Waals surface area contributed by atoms with Crippen LogP contribution in [0.1, 0.15) is 0 Å². The second kappa shape index (κ2) is 5.98. The van der Waals surface area contributed by atoms with E-state index >= 15 is 0 Å². The topological polar surface area (TPSA) is 93.6 Å². The van der Waals surface area contributed by atoms with Crippen LogP contribution in [0.15, 0.2) is 68.0 Å². The fraction of sp³-hybridized carbons (Fsp3) is 0. The van der Waals surface area contributed by atoms with Crippen LogP contribution in [0.4, 0.5) is 11.4 Å². The molecule has 22 heavy (non-hydrogen) atoms. The molecule has 3 aromatic rings. The maximum Gasteiger partial charge on any atom is 0.292 e. The molecule has 0 saturated heterocycles. The molecule has 7 heteroatoms. The van der Waals surface area contributed by atoms with Crippen LogP contribution in [0, 0.1) is 0 Å². The minimum absolute atomic E-state index is 0.107. The van der Waals surface area contributed by atoms with Crippen molar-refractivity contribution < 1.29 is 5.11 Å². The first-order chi connectivity index (χ1) is 10.6. The van der Waals surface area contributed by atoms with Gasteiger partial charge in [-0.3, -0.25) is 15.0 Å². The number of nitrogens with one attached hydrogen (secondary N) is 2. The summed E-state index contributed by atoms with van der Waals surface area (Å²) in [6.45, 7) is 0. The zero-order valence-electron chi connectivity index (χ0n) is 11.2. The van der Waals surface area contributed by atoms with Crippen molar-refractivity contribution in [2.45, 2.75) is 0 Å². The van der Waals surface area contributed by atoms with Gasteiger partial charge in [0, 0.05) is 10.0 Å². The molecule has 1 heterocycles. The predicted octanol–water partition coefficient (Wildman–Crippen LogP) is 4.25.